The highest BCUT2D eigenvalue weighted by molar-refractivity contribution is 5.75. The summed E-state index contributed by atoms with van der Waals surface area (Å²) in [5.74, 6) is -0.855. The number of urea groups is 1. The second kappa shape index (κ2) is 6.93. The summed E-state index contributed by atoms with van der Waals surface area (Å²) in [6.45, 7) is 0. The van der Waals surface area contributed by atoms with E-state index < -0.39 is 5.97 Å². The largest absolute Gasteiger partial charge is 0.481 e. The monoisotopic (exact) mass is 276 g/mol. The summed E-state index contributed by atoms with van der Waals surface area (Å²) in [5.41, 5.74) is 0.928. The maximum Gasteiger partial charge on any atom is 0.315 e. The lowest BCUT2D eigenvalue weighted by Crippen LogP contribution is -2.46. The number of rotatable bonds is 6. The van der Waals surface area contributed by atoms with Crippen LogP contribution in [0.2, 0.25) is 0 Å². The third-order valence-corrected chi connectivity index (χ3v) is 3.59. The van der Waals surface area contributed by atoms with E-state index in [1.807, 2.05) is 30.3 Å². The van der Waals surface area contributed by atoms with E-state index in [0.717, 1.165) is 24.8 Å². The van der Waals surface area contributed by atoms with Gasteiger partial charge in [-0.2, -0.15) is 0 Å². The SMILES string of the molecule is O=C(O)CCC(NC(=O)NC1CCC1)c1ccccc1. The van der Waals surface area contributed by atoms with Crippen molar-refractivity contribution in [3.05, 3.63) is 35.9 Å². The standard InChI is InChI=1S/C15H20N2O3/c18-14(19)10-9-13(11-5-2-1-3-6-11)17-15(20)16-12-7-4-8-12/h1-3,5-6,12-13H,4,7-10H2,(H,18,19)(H2,16,17,20). The number of hydrogen-bond donors (Lipinski definition) is 3. The fraction of sp³-hybridized carbons (Fsp3) is 0.467. The van der Waals surface area contributed by atoms with Crippen molar-refractivity contribution >= 4 is 12.0 Å². The van der Waals surface area contributed by atoms with Crippen LogP contribution in [0.5, 0.6) is 0 Å². The second-order valence-electron chi connectivity index (χ2n) is 5.14. The van der Waals surface area contributed by atoms with Gasteiger partial charge in [-0.15, -0.1) is 0 Å². The fourth-order valence-corrected chi connectivity index (χ4v) is 2.21. The van der Waals surface area contributed by atoms with Gasteiger partial charge in [-0.1, -0.05) is 30.3 Å². The van der Waals surface area contributed by atoms with Gasteiger partial charge in [-0.05, 0) is 31.2 Å². The van der Waals surface area contributed by atoms with Gasteiger partial charge in [0.25, 0.3) is 0 Å². The number of carboxylic acid groups (broad SMARTS) is 1. The van der Waals surface area contributed by atoms with Crippen LogP contribution in [-0.4, -0.2) is 23.1 Å². The molecule has 1 fully saturated rings. The normalized spacial score (nSPS) is 16.0. The lowest BCUT2D eigenvalue weighted by molar-refractivity contribution is -0.137. The number of carbonyl (C=O) groups is 2. The van der Waals surface area contributed by atoms with E-state index in [-0.39, 0.29) is 24.5 Å². The Kier molecular flexibility index (Phi) is 4.98. The summed E-state index contributed by atoms with van der Waals surface area (Å²) in [6.07, 6.45) is 3.63. The molecule has 1 aliphatic rings. The molecule has 1 atom stereocenters. The number of carboxylic acids is 1. The third kappa shape index (κ3) is 4.26. The number of benzene rings is 1. The minimum absolute atomic E-state index is 0.0310. The predicted molar refractivity (Wildman–Crippen MR) is 75.4 cm³/mol. The van der Waals surface area contributed by atoms with Crippen LogP contribution >= 0.6 is 0 Å². The summed E-state index contributed by atoms with van der Waals surface area (Å²) >= 11 is 0. The molecule has 0 spiro atoms. The zero-order chi connectivity index (χ0) is 14.4. The van der Waals surface area contributed by atoms with Gasteiger partial charge in [-0.3, -0.25) is 4.79 Å². The van der Waals surface area contributed by atoms with Crippen LogP contribution in [0, 0.1) is 0 Å². The van der Waals surface area contributed by atoms with Crippen molar-refractivity contribution in [1.29, 1.82) is 0 Å². The lowest BCUT2D eigenvalue weighted by atomic mass is 9.93. The third-order valence-electron chi connectivity index (χ3n) is 3.59. The van der Waals surface area contributed by atoms with E-state index in [0.29, 0.717) is 6.42 Å². The molecule has 1 aliphatic carbocycles. The molecule has 1 saturated carbocycles. The molecular formula is C15H20N2O3. The highest BCUT2D eigenvalue weighted by atomic mass is 16.4. The Balaban J connectivity index is 1.94. The van der Waals surface area contributed by atoms with Crippen LogP contribution in [0.3, 0.4) is 0 Å². The highest BCUT2D eigenvalue weighted by Crippen LogP contribution is 2.20. The highest BCUT2D eigenvalue weighted by Gasteiger charge is 2.21. The molecule has 0 saturated heterocycles. The number of aliphatic carboxylic acids is 1. The van der Waals surface area contributed by atoms with Crippen LogP contribution in [0.25, 0.3) is 0 Å². The maximum absolute atomic E-state index is 11.9. The number of hydrogen-bond acceptors (Lipinski definition) is 2. The van der Waals surface area contributed by atoms with Crippen molar-refractivity contribution in [3.8, 4) is 0 Å². The van der Waals surface area contributed by atoms with E-state index >= 15 is 0 Å². The van der Waals surface area contributed by atoms with Crippen molar-refractivity contribution in [3.63, 3.8) is 0 Å². The van der Waals surface area contributed by atoms with Crippen LogP contribution in [0.15, 0.2) is 30.3 Å². The molecule has 1 unspecified atom stereocenters. The zero-order valence-electron chi connectivity index (χ0n) is 11.3. The Labute approximate surface area is 118 Å². The number of carbonyl (C=O) groups excluding carboxylic acids is 1. The minimum atomic E-state index is -0.855. The molecule has 5 heteroatoms. The Morgan fingerprint density at radius 2 is 1.95 bits per heavy atom. The van der Waals surface area contributed by atoms with Crippen LogP contribution < -0.4 is 10.6 Å². The minimum Gasteiger partial charge on any atom is -0.481 e. The average Bonchev–Trinajstić information content (AvgIpc) is 2.39. The van der Waals surface area contributed by atoms with Crippen molar-refractivity contribution in [2.45, 2.75) is 44.2 Å². The molecule has 2 amide bonds. The maximum atomic E-state index is 11.9. The molecule has 5 nitrogen and oxygen atoms in total. The Bertz CT molecular complexity index is 457. The van der Waals surface area contributed by atoms with Crippen LogP contribution in [0.4, 0.5) is 4.79 Å². The topological polar surface area (TPSA) is 78.4 Å². The molecule has 2 rings (SSSR count). The average molecular weight is 276 g/mol. The molecule has 1 aromatic rings. The molecule has 0 heterocycles. The van der Waals surface area contributed by atoms with Gasteiger partial charge in [0.05, 0.1) is 6.04 Å². The first-order valence-electron chi connectivity index (χ1n) is 6.99. The van der Waals surface area contributed by atoms with E-state index in [2.05, 4.69) is 10.6 Å². The summed E-state index contributed by atoms with van der Waals surface area (Å²) in [5, 5.41) is 14.6. The summed E-state index contributed by atoms with van der Waals surface area (Å²) < 4.78 is 0. The van der Waals surface area contributed by atoms with Crippen LogP contribution in [0.1, 0.15) is 43.7 Å². The van der Waals surface area contributed by atoms with Gasteiger partial charge in [0.15, 0.2) is 0 Å². The summed E-state index contributed by atoms with van der Waals surface area (Å²) in [6, 6.07) is 9.24. The van der Waals surface area contributed by atoms with Crippen LogP contribution in [-0.2, 0) is 4.79 Å². The van der Waals surface area contributed by atoms with Gasteiger partial charge in [0.1, 0.15) is 0 Å². The van der Waals surface area contributed by atoms with Gasteiger partial charge < -0.3 is 15.7 Å². The van der Waals surface area contributed by atoms with E-state index in [4.69, 9.17) is 5.11 Å². The van der Waals surface area contributed by atoms with Crippen molar-refractivity contribution < 1.29 is 14.7 Å². The summed E-state index contributed by atoms with van der Waals surface area (Å²) in [7, 11) is 0. The Hall–Kier alpha value is -2.04. The fourth-order valence-electron chi connectivity index (χ4n) is 2.21. The smallest absolute Gasteiger partial charge is 0.315 e. The van der Waals surface area contributed by atoms with Crippen molar-refractivity contribution in [1.82, 2.24) is 10.6 Å². The number of amides is 2. The molecule has 3 N–H and O–H groups in total. The van der Waals surface area contributed by atoms with E-state index in [1.54, 1.807) is 0 Å². The van der Waals surface area contributed by atoms with Gasteiger partial charge in [0, 0.05) is 12.5 Å². The molecule has 108 valence electrons. The van der Waals surface area contributed by atoms with Gasteiger partial charge in [-0.25, -0.2) is 4.79 Å². The van der Waals surface area contributed by atoms with Gasteiger partial charge >= 0.3 is 12.0 Å². The van der Waals surface area contributed by atoms with Crippen molar-refractivity contribution in [2.75, 3.05) is 0 Å². The Morgan fingerprint density at radius 1 is 1.25 bits per heavy atom. The quantitative estimate of drug-likeness (QED) is 0.746. The molecule has 0 radical (unpaired) electrons. The molecular weight excluding hydrogens is 256 g/mol. The molecule has 1 aromatic carbocycles. The first-order chi connectivity index (χ1) is 9.65. The van der Waals surface area contributed by atoms with E-state index in [1.165, 1.54) is 0 Å². The predicted octanol–water partition coefficient (Wildman–Crippen LogP) is 2.44. The second-order valence-corrected chi connectivity index (χ2v) is 5.14. The first-order valence-corrected chi connectivity index (χ1v) is 6.99. The van der Waals surface area contributed by atoms with E-state index in [9.17, 15) is 9.59 Å². The molecule has 0 bridgehead atoms. The molecule has 0 aromatic heterocycles. The number of nitrogens with one attached hydrogen (secondary N) is 2. The summed E-state index contributed by atoms with van der Waals surface area (Å²) in [4.78, 5) is 22.6. The van der Waals surface area contributed by atoms with Crippen molar-refractivity contribution in [2.24, 2.45) is 0 Å². The van der Waals surface area contributed by atoms with Gasteiger partial charge in [0.2, 0.25) is 0 Å². The lowest BCUT2D eigenvalue weighted by Gasteiger charge is -2.28. The zero-order valence-corrected chi connectivity index (χ0v) is 11.3. The first kappa shape index (κ1) is 14.4. The Morgan fingerprint density at radius 3 is 2.50 bits per heavy atom. The molecule has 20 heavy (non-hydrogen) atoms. The molecule has 0 aliphatic heterocycles.